The molecule has 4 nitrogen and oxygen atoms in total. The van der Waals surface area contributed by atoms with E-state index in [1.807, 2.05) is 0 Å². The molecule has 0 spiro atoms. The van der Waals surface area contributed by atoms with Crippen LogP contribution in [0, 0.1) is 5.82 Å². The molecule has 1 saturated carbocycles. The number of hydrogen-bond donors (Lipinski definition) is 1. The van der Waals surface area contributed by atoms with Crippen molar-refractivity contribution in [3.05, 3.63) is 71.0 Å². The topological polar surface area (TPSA) is 49.4 Å². The number of rotatable bonds is 5. The lowest BCUT2D eigenvalue weighted by Gasteiger charge is -2.32. The second kappa shape index (κ2) is 7.61. The van der Waals surface area contributed by atoms with Crippen LogP contribution in [0.2, 0.25) is 0 Å². The van der Waals surface area contributed by atoms with Crippen molar-refractivity contribution in [1.82, 2.24) is 10.2 Å². The Hall–Kier alpha value is -2.53. The van der Waals surface area contributed by atoms with Crippen LogP contribution in [0.5, 0.6) is 0 Å². The highest BCUT2D eigenvalue weighted by molar-refractivity contribution is 6.15. The number of halogens is 1. The summed E-state index contributed by atoms with van der Waals surface area (Å²) in [4.78, 5) is 28.1. The van der Waals surface area contributed by atoms with E-state index in [0.29, 0.717) is 16.7 Å². The zero-order chi connectivity index (χ0) is 18.8. The first kappa shape index (κ1) is 17.9. The number of nitrogens with zero attached hydrogens (tertiary/aromatic N) is 1. The summed E-state index contributed by atoms with van der Waals surface area (Å²) in [5, 5.41) is 3.09. The van der Waals surface area contributed by atoms with Gasteiger partial charge in [0.25, 0.3) is 5.91 Å². The van der Waals surface area contributed by atoms with E-state index in [0.717, 1.165) is 32.0 Å². The molecule has 4 rings (SSSR count). The minimum atomic E-state index is -0.393. The number of benzene rings is 2. The Kier molecular flexibility index (Phi) is 5.03. The van der Waals surface area contributed by atoms with E-state index in [2.05, 4.69) is 10.2 Å². The Morgan fingerprint density at radius 1 is 0.889 bits per heavy atom. The highest BCUT2D eigenvalue weighted by atomic mass is 19.1. The number of ketones is 1. The van der Waals surface area contributed by atoms with E-state index in [9.17, 15) is 14.0 Å². The summed E-state index contributed by atoms with van der Waals surface area (Å²) in [6.45, 7) is 2.04. The van der Waals surface area contributed by atoms with Crippen molar-refractivity contribution in [2.24, 2.45) is 0 Å². The molecule has 5 heteroatoms. The number of carbonyl (C=O) groups excluding carboxylic acids is 2. The van der Waals surface area contributed by atoms with Gasteiger partial charge in [-0.1, -0.05) is 18.2 Å². The third kappa shape index (κ3) is 4.08. The molecule has 0 bridgehead atoms. The molecule has 0 radical (unpaired) electrons. The summed E-state index contributed by atoms with van der Waals surface area (Å²) in [6, 6.07) is 13.1. The second-order valence-electron chi connectivity index (χ2n) is 7.40. The van der Waals surface area contributed by atoms with Gasteiger partial charge in [-0.15, -0.1) is 0 Å². The lowest BCUT2D eigenvalue weighted by molar-refractivity contribution is 0.0901. The van der Waals surface area contributed by atoms with Crippen molar-refractivity contribution in [2.45, 2.75) is 37.8 Å². The molecule has 0 atom stereocenters. The molecule has 1 amide bonds. The molecule has 1 aliphatic carbocycles. The van der Waals surface area contributed by atoms with E-state index in [1.54, 1.807) is 24.3 Å². The maximum atomic E-state index is 13.1. The Morgan fingerprint density at radius 3 is 2.15 bits per heavy atom. The standard InChI is InChI=1S/C22H23FN2O2/c23-16-7-5-15(6-8-16)21(26)19-3-1-2-4-20(19)22(27)24-17-11-13-25(14-12-17)18-9-10-18/h1-8,17-18H,9-14H2,(H,24,27). The zero-order valence-corrected chi connectivity index (χ0v) is 15.2. The first-order chi connectivity index (χ1) is 13.1. The third-order valence-electron chi connectivity index (χ3n) is 5.45. The van der Waals surface area contributed by atoms with Gasteiger partial charge >= 0.3 is 0 Å². The third-order valence-corrected chi connectivity index (χ3v) is 5.45. The fraction of sp³-hybridized carbons (Fsp3) is 0.364. The highest BCUT2D eigenvalue weighted by Crippen LogP contribution is 2.29. The van der Waals surface area contributed by atoms with Crippen LogP contribution in [0.1, 0.15) is 52.0 Å². The Balaban J connectivity index is 1.46. The minimum Gasteiger partial charge on any atom is -0.349 e. The quantitative estimate of drug-likeness (QED) is 0.825. The van der Waals surface area contributed by atoms with Gasteiger partial charge in [-0.2, -0.15) is 0 Å². The summed E-state index contributed by atoms with van der Waals surface area (Å²) in [5.41, 5.74) is 1.09. The van der Waals surface area contributed by atoms with Crippen molar-refractivity contribution in [1.29, 1.82) is 0 Å². The molecule has 27 heavy (non-hydrogen) atoms. The van der Waals surface area contributed by atoms with Crippen LogP contribution in [0.3, 0.4) is 0 Å². The molecule has 2 fully saturated rings. The first-order valence-corrected chi connectivity index (χ1v) is 9.56. The highest BCUT2D eigenvalue weighted by Gasteiger charge is 2.32. The predicted octanol–water partition coefficient (Wildman–Crippen LogP) is 3.41. The molecule has 1 aliphatic heterocycles. The van der Waals surface area contributed by atoms with Crippen LogP contribution < -0.4 is 5.32 Å². The summed E-state index contributed by atoms with van der Waals surface area (Å²) >= 11 is 0. The molecular weight excluding hydrogens is 343 g/mol. The number of carbonyl (C=O) groups is 2. The smallest absolute Gasteiger partial charge is 0.252 e. The average Bonchev–Trinajstić information content (AvgIpc) is 3.54. The summed E-state index contributed by atoms with van der Waals surface area (Å²) in [5.74, 6) is -0.884. The average molecular weight is 366 g/mol. The lowest BCUT2D eigenvalue weighted by atomic mass is 9.97. The van der Waals surface area contributed by atoms with Gasteiger partial charge in [-0.3, -0.25) is 9.59 Å². The molecule has 2 aromatic rings. The van der Waals surface area contributed by atoms with Crippen LogP contribution in [-0.2, 0) is 0 Å². The van der Waals surface area contributed by atoms with Crippen LogP contribution in [0.25, 0.3) is 0 Å². The lowest BCUT2D eigenvalue weighted by Crippen LogP contribution is -2.45. The van der Waals surface area contributed by atoms with E-state index in [1.165, 1.54) is 37.1 Å². The fourth-order valence-electron chi connectivity index (χ4n) is 3.75. The van der Waals surface area contributed by atoms with Gasteiger partial charge in [0.1, 0.15) is 5.82 Å². The second-order valence-corrected chi connectivity index (χ2v) is 7.40. The Bertz CT molecular complexity index is 838. The van der Waals surface area contributed by atoms with Crippen molar-refractivity contribution < 1.29 is 14.0 Å². The van der Waals surface area contributed by atoms with E-state index < -0.39 is 5.82 Å². The van der Waals surface area contributed by atoms with Crippen LogP contribution in [0.15, 0.2) is 48.5 Å². The number of hydrogen-bond acceptors (Lipinski definition) is 3. The maximum absolute atomic E-state index is 13.1. The van der Waals surface area contributed by atoms with Gasteiger partial charge in [0.15, 0.2) is 5.78 Å². The number of amides is 1. The zero-order valence-electron chi connectivity index (χ0n) is 15.2. The van der Waals surface area contributed by atoms with Gasteiger partial charge in [-0.05, 0) is 56.0 Å². The number of likely N-dealkylation sites (tertiary alicyclic amines) is 1. The van der Waals surface area contributed by atoms with Crippen LogP contribution in [0.4, 0.5) is 4.39 Å². The summed E-state index contributed by atoms with van der Waals surface area (Å²) < 4.78 is 13.1. The Labute approximate surface area is 158 Å². The normalized spacial score (nSPS) is 18.3. The SMILES string of the molecule is O=C(NC1CCN(C2CC2)CC1)c1ccccc1C(=O)c1ccc(F)cc1. The van der Waals surface area contributed by atoms with Crippen molar-refractivity contribution in [3.63, 3.8) is 0 Å². The Morgan fingerprint density at radius 2 is 1.52 bits per heavy atom. The largest absolute Gasteiger partial charge is 0.349 e. The number of piperidine rings is 1. The van der Waals surface area contributed by atoms with E-state index >= 15 is 0 Å². The predicted molar refractivity (Wildman–Crippen MR) is 101 cm³/mol. The van der Waals surface area contributed by atoms with Crippen molar-refractivity contribution in [2.75, 3.05) is 13.1 Å². The summed E-state index contributed by atoms with van der Waals surface area (Å²) in [6.07, 6.45) is 4.48. The molecule has 1 heterocycles. The van der Waals surface area contributed by atoms with Crippen LogP contribution >= 0.6 is 0 Å². The van der Waals surface area contributed by atoms with Gasteiger partial charge < -0.3 is 10.2 Å². The molecule has 2 aromatic carbocycles. The molecule has 0 aromatic heterocycles. The monoisotopic (exact) mass is 366 g/mol. The molecule has 140 valence electrons. The summed E-state index contributed by atoms with van der Waals surface area (Å²) in [7, 11) is 0. The molecule has 1 N–H and O–H groups in total. The van der Waals surface area contributed by atoms with Gasteiger partial charge in [-0.25, -0.2) is 4.39 Å². The molecule has 1 saturated heterocycles. The van der Waals surface area contributed by atoms with Gasteiger partial charge in [0.05, 0.1) is 5.56 Å². The van der Waals surface area contributed by atoms with Crippen LogP contribution in [-0.4, -0.2) is 41.8 Å². The van der Waals surface area contributed by atoms with E-state index in [4.69, 9.17) is 0 Å². The molecule has 2 aliphatic rings. The van der Waals surface area contributed by atoms with Gasteiger partial charge in [0.2, 0.25) is 0 Å². The molecular formula is C22H23FN2O2. The number of nitrogens with one attached hydrogen (secondary N) is 1. The maximum Gasteiger partial charge on any atom is 0.252 e. The minimum absolute atomic E-state index is 0.140. The molecule has 0 unspecified atom stereocenters. The van der Waals surface area contributed by atoms with E-state index in [-0.39, 0.29) is 17.7 Å². The van der Waals surface area contributed by atoms with Gasteiger partial charge in [0, 0.05) is 36.3 Å². The first-order valence-electron chi connectivity index (χ1n) is 9.56. The van der Waals surface area contributed by atoms with Crippen molar-refractivity contribution >= 4 is 11.7 Å². The fourth-order valence-corrected chi connectivity index (χ4v) is 3.75. The van der Waals surface area contributed by atoms with Crippen molar-refractivity contribution in [3.8, 4) is 0 Å².